The van der Waals surface area contributed by atoms with Crippen molar-refractivity contribution >= 4 is 5.65 Å². The van der Waals surface area contributed by atoms with Gasteiger partial charge < -0.3 is 10.0 Å². The second kappa shape index (κ2) is 4.81. The summed E-state index contributed by atoms with van der Waals surface area (Å²) in [4.78, 5) is 2.50. The van der Waals surface area contributed by atoms with E-state index in [1.165, 1.54) is 0 Å². The molecule has 3 heterocycles. The molecule has 0 aliphatic carbocycles. The van der Waals surface area contributed by atoms with Gasteiger partial charge in [-0.05, 0) is 51.9 Å². The summed E-state index contributed by atoms with van der Waals surface area (Å²) in [6.45, 7) is 6.70. The molecule has 1 aliphatic rings. The minimum atomic E-state index is 0.195. The lowest BCUT2D eigenvalue weighted by Crippen LogP contribution is -2.38. The number of likely N-dealkylation sites (tertiary alicyclic amines) is 1. The molecule has 1 N–H and O–H groups in total. The van der Waals surface area contributed by atoms with Crippen molar-refractivity contribution in [3.05, 3.63) is 24.2 Å². The maximum atomic E-state index is 9.77. The Hall–Kier alpha value is -1.62. The van der Waals surface area contributed by atoms with Gasteiger partial charge in [0.1, 0.15) is 5.82 Å². The number of aromatic hydroxyl groups is 1. The van der Waals surface area contributed by atoms with E-state index in [-0.39, 0.29) is 5.75 Å². The molecule has 5 heteroatoms. The Bertz CT molecular complexity index is 570. The monoisotopic (exact) mass is 260 g/mol. The third kappa shape index (κ3) is 2.18. The first-order chi connectivity index (χ1) is 9.16. The second-order valence-corrected chi connectivity index (χ2v) is 5.55. The van der Waals surface area contributed by atoms with Crippen LogP contribution in [0.25, 0.3) is 5.65 Å². The topological polar surface area (TPSA) is 53.7 Å². The molecule has 0 spiro atoms. The van der Waals surface area contributed by atoms with Crippen molar-refractivity contribution in [3.8, 4) is 5.75 Å². The highest BCUT2D eigenvalue weighted by Gasteiger charge is 2.25. The van der Waals surface area contributed by atoms with E-state index in [4.69, 9.17) is 0 Å². The van der Waals surface area contributed by atoms with Crippen LogP contribution in [0.15, 0.2) is 18.3 Å². The third-order valence-electron chi connectivity index (χ3n) is 4.07. The summed E-state index contributed by atoms with van der Waals surface area (Å²) in [5.41, 5.74) is 0.559. The van der Waals surface area contributed by atoms with Gasteiger partial charge >= 0.3 is 0 Å². The molecule has 1 saturated heterocycles. The molecule has 0 aromatic carbocycles. The molecule has 0 amide bonds. The number of hydrogen-bond donors (Lipinski definition) is 1. The first kappa shape index (κ1) is 12.4. The first-order valence-corrected chi connectivity index (χ1v) is 6.93. The predicted molar refractivity (Wildman–Crippen MR) is 73.3 cm³/mol. The fourth-order valence-corrected chi connectivity index (χ4v) is 2.87. The van der Waals surface area contributed by atoms with Crippen molar-refractivity contribution in [2.45, 2.75) is 38.6 Å². The molecule has 0 saturated carbocycles. The Morgan fingerprint density at radius 3 is 2.68 bits per heavy atom. The molecular formula is C14H20N4O. The number of hydrogen-bond acceptors (Lipinski definition) is 4. The number of rotatable bonds is 2. The summed E-state index contributed by atoms with van der Waals surface area (Å²) < 4.78 is 1.92. The van der Waals surface area contributed by atoms with E-state index in [2.05, 4.69) is 28.9 Å². The zero-order chi connectivity index (χ0) is 13.4. The standard InChI is InChI=1S/C14H20N4O/c1-10(2)17-8-5-11(6-9-17)13-15-16-14-12(19)4-3-7-18(13)14/h3-4,7,10-11,19H,5-6,8-9H2,1-2H3. The van der Waals surface area contributed by atoms with Crippen LogP contribution in [0.4, 0.5) is 0 Å². The smallest absolute Gasteiger partial charge is 0.203 e. The third-order valence-corrected chi connectivity index (χ3v) is 4.07. The maximum absolute atomic E-state index is 9.77. The molecular weight excluding hydrogens is 240 g/mol. The largest absolute Gasteiger partial charge is 0.504 e. The molecule has 1 fully saturated rings. The van der Waals surface area contributed by atoms with E-state index in [0.29, 0.717) is 17.6 Å². The van der Waals surface area contributed by atoms with Gasteiger partial charge in [0.2, 0.25) is 5.65 Å². The zero-order valence-corrected chi connectivity index (χ0v) is 11.5. The van der Waals surface area contributed by atoms with E-state index >= 15 is 0 Å². The van der Waals surface area contributed by atoms with Crippen LogP contribution in [0.1, 0.15) is 38.4 Å². The molecule has 102 valence electrons. The van der Waals surface area contributed by atoms with Crippen molar-refractivity contribution < 1.29 is 5.11 Å². The molecule has 0 unspecified atom stereocenters. The van der Waals surface area contributed by atoms with Gasteiger partial charge in [-0.3, -0.25) is 4.40 Å². The summed E-state index contributed by atoms with van der Waals surface area (Å²) in [5, 5.41) is 18.1. The van der Waals surface area contributed by atoms with Crippen molar-refractivity contribution in [1.82, 2.24) is 19.5 Å². The van der Waals surface area contributed by atoms with Gasteiger partial charge in [-0.2, -0.15) is 0 Å². The van der Waals surface area contributed by atoms with Crippen molar-refractivity contribution in [2.24, 2.45) is 0 Å². The summed E-state index contributed by atoms with van der Waals surface area (Å²) >= 11 is 0. The van der Waals surface area contributed by atoms with Crippen LogP contribution in [0.5, 0.6) is 5.75 Å². The minimum Gasteiger partial charge on any atom is -0.504 e. The van der Waals surface area contributed by atoms with Crippen molar-refractivity contribution in [1.29, 1.82) is 0 Å². The molecule has 3 rings (SSSR count). The Labute approximate surface area is 112 Å². The van der Waals surface area contributed by atoms with Crippen molar-refractivity contribution in [3.63, 3.8) is 0 Å². The molecule has 2 aromatic heterocycles. The van der Waals surface area contributed by atoms with Gasteiger partial charge in [-0.25, -0.2) is 0 Å². The van der Waals surface area contributed by atoms with Crippen LogP contribution in [-0.4, -0.2) is 43.7 Å². The van der Waals surface area contributed by atoms with Crippen LogP contribution in [0.2, 0.25) is 0 Å². The molecule has 19 heavy (non-hydrogen) atoms. The highest BCUT2D eigenvalue weighted by atomic mass is 16.3. The Morgan fingerprint density at radius 1 is 1.26 bits per heavy atom. The van der Waals surface area contributed by atoms with E-state index in [9.17, 15) is 5.11 Å². The fraction of sp³-hybridized carbons (Fsp3) is 0.571. The van der Waals surface area contributed by atoms with Gasteiger partial charge in [-0.15, -0.1) is 10.2 Å². The summed E-state index contributed by atoms with van der Waals surface area (Å²) in [6.07, 6.45) is 4.14. The number of piperidine rings is 1. The highest BCUT2D eigenvalue weighted by molar-refractivity contribution is 5.52. The highest BCUT2D eigenvalue weighted by Crippen LogP contribution is 2.29. The zero-order valence-electron chi connectivity index (χ0n) is 11.5. The number of pyridine rings is 1. The molecule has 5 nitrogen and oxygen atoms in total. The van der Waals surface area contributed by atoms with Crippen LogP contribution >= 0.6 is 0 Å². The van der Waals surface area contributed by atoms with Gasteiger partial charge in [0.25, 0.3) is 0 Å². The van der Waals surface area contributed by atoms with Crippen LogP contribution in [0.3, 0.4) is 0 Å². The average molecular weight is 260 g/mol. The molecule has 0 radical (unpaired) electrons. The van der Waals surface area contributed by atoms with Gasteiger partial charge in [0, 0.05) is 18.2 Å². The quantitative estimate of drug-likeness (QED) is 0.897. The van der Waals surface area contributed by atoms with Gasteiger partial charge in [0.05, 0.1) is 0 Å². The van der Waals surface area contributed by atoms with E-state index in [1.807, 2.05) is 16.7 Å². The lowest BCUT2D eigenvalue weighted by atomic mass is 9.95. The Balaban J connectivity index is 1.84. The number of fused-ring (bicyclic) bond motifs is 1. The normalized spacial score (nSPS) is 18.5. The Kier molecular flexibility index (Phi) is 3.14. The number of aromatic nitrogens is 3. The van der Waals surface area contributed by atoms with Crippen LogP contribution < -0.4 is 0 Å². The lowest BCUT2D eigenvalue weighted by molar-refractivity contribution is 0.169. The first-order valence-electron chi connectivity index (χ1n) is 6.93. The molecule has 1 aliphatic heterocycles. The van der Waals surface area contributed by atoms with Crippen LogP contribution in [-0.2, 0) is 0 Å². The maximum Gasteiger partial charge on any atom is 0.203 e. The fourth-order valence-electron chi connectivity index (χ4n) is 2.87. The van der Waals surface area contributed by atoms with Gasteiger partial charge in [-0.1, -0.05) is 0 Å². The molecule has 0 atom stereocenters. The summed E-state index contributed by atoms with van der Waals surface area (Å²) in [5.74, 6) is 1.61. The van der Waals surface area contributed by atoms with E-state index in [1.54, 1.807) is 6.07 Å². The number of nitrogens with zero attached hydrogens (tertiary/aromatic N) is 4. The lowest BCUT2D eigenvalue weighted by Gasteiger charge is -2.33. The van der Waals surface area contributed by atoms with Crippen molar-refractivity contribution in [2.75, 3.05) is 13.1 Å². The second-order valence-electron chi connectivity index (χ2n) is 5.55. The molecule has 0 bridgehead atoms. The Morgan fingerprint density at radius 2 is 2.00 bits per heavy atom. The summed E-state index contributed by atoms with van der Waals surface area (Å²) in [7, 11) is 0. The predicted octanol–water partition coefficient (Wildman–Crippen LogP) is 2.02. The SMILES string of the molecule is CC(C)N1CCC(c2nnc3c(O)cccn23)CC1. The van der Waals surface area contributed by atoms with Gasteiger partial charge in [0.15, 0.2) is 5.75 Å². The van der Waals surface area contributed by atoms with Crippen LogP contribution in [0, 0.1) is 0 Å². The average Bonchev–Trinajstić information content (AvgIpc) is 2.84. The minimum absolute atomic E-state index is 0.195. The molecule has 2 aromatic rings. The summed E-state index contributed by atoms with van der Waals surface area (Å²) in [6, 6.07) is 4.09. The van der Waals surface area contributed by atoms with E-state index < -0.39 is 0 Å². The van der Waals surface area contributed by atoms with E-state index in [0.717, 1.165) is 31.8 Å².